The number of ether oxygens (including phenoxy) is 2. The Morgan fingerprint density at radius 1 is 0.474 bits per heavy atom. The van der Waals surface area contributed by atoms with E-state index >= 15 is 0 Å². The van der Waals surface area contributed by atoms with Gasteiger partial charge in [0.1, 0.15) is 0 Å². The normalized spacial score (nSPS) is 13.8. The molecule has 6 nitrogen and oxygen atoms in total. The van der Waals surface area contributed by atoms with Gasteiger partial charge in [0.25, 0.3) is 0 Å². The van der Waals surface area contributed by atoms with Gasteiger partial charge >= 0.3 is 11.9 Å². The van der Waals surface area contributed by atoms with Gasteiger partial charge in [-0.2, -0.15) is 0 Å². The first-order valence-electron chi connectivity index (χ1n) is 16.0. The molecule has 0 N–H and O–H groups in total. The molecule has 38 heavy (non-hydrogen) atoms. The van der Waals surface area contributed by atoms with E-state index < -0.39 is 40.8 Å². The fourth-order valence-corrected chi connectivity index (χ4v) is 14.8. The molecule has 0 radical (unpaired) electrons. The van der Waals surface area contributed by atoms with Crippen LogP contribution in [0.3, 0.4) is 0 Å². The lowest BCUT2D eigenvalue weighted by Crippen LogP contribution is -2.56. The highest BCUT2D eigenvalue weighted by Gasteiger charge is 2.48. The van der Waals surface area contributed by atoms with Crippen molar-refractivity contribution < 1.29 is 27.9 Å². The third-order valence-electron chi connectivity index (χ3n) is 7.21. The van der Waals surface area contributed by atoms with Crippen molar-refractivity contribution in [2.75, 3.05) is 13.2 Å². The molecule has 2 atom stereocenters. The summed E-state index contributed by atoms with van der Waals surface area (Å²) >= 11 is 0. The molecule has 226 valence electrons. The molecule has 0 saturated carbocycles. The molecule has 0 aliphatic carbocycles. The number of esters is 2. The van der Waals surface area contributed by atoms with E-state index in [2.05, 4.69) is 55.4 Å². The third kappa shape index (κ3) is 13.6. The molecular weight excluding hydrogens is 512 g/mol. The molecule has 0 saturated heterocycles. The molecule has 0 aromatic rings. The van der Waals surface area contributed by atoms with Gasteiger partial charge in [-0.1, -0.05) is 107 Å². The molecule has 0 amide bonds. The minimum absolute atomic E-state index is 0.331. The van der Waals surface area contributed by atoms with E-state index in [-0.39, 0.29) is 0 Å². The zero-order valence-electron chi connectivity index (χ0n) is 26.3. The predicted molar refractivity (Wildman–Crippen MR) is 164 cm³/mol. The summed E-state index contributed by atoms with van der Waals surface area (Å²) in [5.41, 5.74) is 0. The number of hydrogen-bond donors (Lipinski definition) is 0. The van der Waals surface area contributed by atoms with Crippen molar-refractivity contribution in [3.63, 3.8) is 0 Å². The van der Waals surface area contributed by atoms with Crippen molar-refractivity contribution in [1.82, 2.24) is 0 Å². The average Bonchev–Trinajstić information content (AvgIpc) is 2.87. The molecular formula is C30H62O6Si2. The van der Waals surface area contributed by atoms with Gasteiger partial charge < -0.3 is 18.3 Å². The van der Waals surface area contributed by atoms with Crippen molar-refractivity contribution in [3.8, 4) is 0 Å². The van der Waals surface area contributed by atoms with Gasteiger partial charge in [0.2, 0.25) is 0 Å². The number of carbonyl (C=O) groups is 2. The minimum atomic E-state index is -2.32. The Bertz CT molecular complexity index is 530. The second kappa shape index (κ2) is 22.0. The molecule has 0 rings (SSSR count). The van der Waals surface area contributed by atoms with E-state index in [1.54, 1.807) is 0 Å². The van der Waals surface area contributed by atoms with Gasteiger partial charge in [0.15, 0.2) is 28.8 Å². The molecule has 0 spiro atoms. The number of carbonyl (C=O) groups excluding carboxylic acids is 2. The molecule has 8 heteroatoms. The van der Waals surface area contributed by atoms with Crippen LogP contribution in [0.1, 0.15) is 120 Å². The van der Waals surface area contributed by atoms with Crippen molar-refractivity contribution >= 4 is 28.6 Å². The van der Waals surface area contributed by atoms with E-state index in [1.165, 1.54) is 0 Å². The SMILES string of the molecule is CCCCOC(=O)C(O[Si](CCC)(CCC)CCC)C(O[Si](CCC)(CCC)CCC)C(=O)OCCCC. The van der Waals surface area contributed by atoms with Crippen molar-refractivity contribution in [1.29, 1.82) is 0 Å². The first-order valence-corrected chi connectivity index (χ1v) is 21.0. The Labute approximate surface area is 237 Å². The van der Waals surface area contributed by atoms with E-state index in [0.717, 1.165) is 100 Å². The summed E-state index contributed by atoms with van der Waals surface area (Å²) in [5, 5.41) is 0. The van der Waals surface area contributed by atoms with Crippen LogP contribution in [-0.4, -0.2) is 54.0 Å². The largest absolute Gasteiger partial charge is 0.464 e. The summed E-state index contributed by atoms with van der Waals surface area (Å²) in [4.78, 5) is 27.5. The second-order valence-corrected chi connectivity index (χ2v) is 19.2. The molecule has 0 aliphatic rings. The lowest BCUT2D eigenvalue weighted by atomic mass is 10.2. The van der Waals surface area contributed by atoms with Gasteiger partial charge in [-0.15, -0.1) is 0 Å². The molecule has 0 fully saturated rings. The number of rotatable bonds is 25. The Morgan fingerprint density at radius 3 is 0.947 bits per heavy atom. The highest BCUT2D eigenvalue weighted by molar-refractivity contribution is 6.74. The highest BCUT2D eigenvalue weighted by Crippen LogP contribution is 2.34. The summed E-state index contributed by atoms with van der Waals surface area (Å²) in [6.07, 6.45) is 7.28. The van der Waals surface area contributed by atoms with E-state index in [0.29, 0.717) is 13.2 Å². The van der Waals surface area contributed by atoms with Crippen LogP contribution in [0.5, 0.6) is 0 Å². The minimum Gasteiger partial charge on any atom is -0.464 e. The van der Waals surface area contributed by atoms with Gasteiger partial charge in [-0.3, -0.25) is 0 Å². The van der Waals surface area contributed by atoms with E-state index in [1.807, 2.05) is 0 Å². The Hall–Kier alpha value is -0.706. The summed E-state index contributed by atoms with van der Waals surface area (Å²) in [6, 6.07) is 5.79. The van der Waals surface area contributed by atoms with Crippen LogP contribution in [-0.2, 0) is 27.9 Å². The maximum Gasteiger partial charge on any atom is 0.337 e. The monoisotopic (exact) mass is 574 g/mol. The Kier molecular flexibility index (Phi) is 21.6. The number of hydrogen-bond acceptors (Lipinski definition) is 6. The lowest BCUT2D eigenvalue weighted by Gasteiger charge is -2.40. The maximum absolute atomic E-state index is 13.7. The first kappa shape index (κ1) is 37.3. The van der Waals surface area contributed by atoms with Crippen LogP contribution in [0.15, 0.2) is 0 Å². The first-order chi connectivity index (χ1) is 18.3. The van der Waals surface area contributed by atoms with Crippen LogP contribution in [0.2, 0.25) is 36.3 Å². The lowest BCUT2D eigenvalue weighted by molar-refractivity contribution is -0.170. The smallest absolute Gasteiger partial charge is 0.337 e. The van der Waals surface area contributed by atoms with Crippen LogP contribution < -0.4 is 0 Å². The summed E-state index contributed by atoms with van der Waals surface area (Å²) in [7, 11) is -4.64. The van der Waals surface area contributed by atoms with Crippen molar-refractivity contribution in [3.05, 3.63) is 0 Å². The van der Waals surface area contributed by atoms with Gasteiger partial charge in [0, 0.05) is 0 Å². The number of unbranched alkanes of at least 4 members (excludes halogenated alkanes) is 2. The van der Waals surface area contributed by atoms with E-state index in [9.17, 15) is 9.59 Å². The summed E-state index contributed by atoms with van der Waals surface area (Å²) < 4.78 is 25.5. The molecule has 0 aliphatic heterocycles. The standard InChI is InChI=1S/C30H62O6Si2/c1-9-17-19-33-29(31)27(35-37(21-11-3,22-12-4)23-13-5)28(30(32)34-20-18-10-2)36-38(24-14-6,25-15-7)26-16-8/h27-28H,9-26H2,1-8H3. The van der Waals surface area contributed by atoms with E-state index in [4.69, 9.17) is 18.3 Å². The van der Waals surface area contributed by atoms with Crippen molar-refractivity contribution in [2.24, 2.45) is 0 Å². The Morgan fingerprint density at radius 2 is 0.737 bits per heavy atom. The van der Waals surface area contributed by atoms with Crippen LogP contribution in [0, 0.1) is 0 Å². The van der Waals surface area contributed by atoms with Crippen LogP contribution in [0.25, 0.3) is 0 Å². The average molecular weight is 575 g/mol. The zero-order chi connectivity index (χ0) is 28.9. The Balaban J connectivity index is 6.70. The maximum atomic E-state index is 13.7. The quantitative estimate of drug-likeness (QED) is 0.0616. The fraction of sp³-hybridized carbons (Fsp3) is 0.933. The second-order valence-electron chi connectivity index (χ2n) is 11.0. The summed E-state index contributed by atoms with van der Waals surface area (Å²) in [6.45, 7) is 17.9. The van der Waals surface area contributed by atoms with Crippen molar-refractivity contribution in [2.45, 2.75) is 168 Å². The van der Waals surface area contributed by atoms with Gasteiger partial charge in [-0.25, -0.2) is 9.59 Å². The third-order valence-corrected chi connectivity index (χ3v) is 17.2. The molecule has 0 aromatic carbocycles. The topological polar surface area (TPSA) is 71.1 Å². The summed E-state index contributed by atoms with van der Waals surface area (Å²) in [5.74, 6) is -0.910. The van der Waals surface area contributed by atoms with Gasteiger partial charge in [0.05, 0.1) is 13.2 Å². The molecule has 0 heterocycles. The highest BCUT2D eigenvalue weighted by atomic mass is 28.4. The van der Waals surface area contributed by atoms with Crippen LogP contribution in [0.4, 0.5) is 0 Å². The van der Waals surface area contributed by atoms with Gasteiger partial charge in [-0.05, 0) is 49.1 Å². The molecule has 0 bridgehead atoms. The van der Waals surface area contributed by atoms with Crippen LogP contribution >= 0.6 is 0 Å². The predicted octanol–water partition coefficient (Wildman–Crippen LogP) is 8.79. The fourth-order valence-electron chi connectivity index (χ4n) is 5.64. The molecule has 0 aromatic heterocycles. The zero-order valence-corrected chi connectivity index (χ0v) is 28.3. The molecule has 2 unspecified atom stereocenters.